The van der Waals surface area contributed by atoms with Gasteiger partial charge in [0.1, 0.15) is 11.5 Å². The molecule has 9 heteroatoms. The first-order valence-electron chi connectivity index (χ1n) is 9.60. The molecule has 3 aromatic rings. The Hall–Kier alpha value is -4.53. The summed E-state index contributed by atoms with van der Waals surface area (Å²) in [6.45, 7) is 3.34. The van der Waals surface area contributed by atoms with E-state index in [1.165, 1.54) is 24.3 Å². The van der Waals surface area contributed by atoms with Crippen molar-refractivity contribution >= 4 is 23.2 Å². The maximum absolute atomic E-state index is 12.2. The van der Waals surface area contributed by atoms with Gasteiger partial charge in [-0.05, 0) is 50.2 Å². The van der Waals surface area contributed by atoms with E-state index in [0.29, 0.717) is 22.8 Å². The Morgan fingerprint density at radius 3 is 1.50 bits per heavy atom. The Kier molecular flexibility index (Phi) is 6.92. The van der Waals surface area contributed by atoms with Crippen LogP contribution in [0.5, 0.6) is 11.5 Å². The minimum atomic E-state index is -0.553. The van der Waals surface area contributed by atoms with E-state index in [2.05, 4.69) is 26.0 Å². The quantitative estimate of drug-likeness (QED) is 0.351. The summed E-state index contributed by atoms with van der Waals surface area (Å²) in [5, 5.41) is 27.6. The third-order valence-electron chi connectivity index (χ3n) is 4.44. The lowest BCUT2D eigenvalue weighted by molar-refractivity contribution is 0.0943. The minimum Gasteiger partial charge on any atom is -0.507 e. The molecule has 1 aromatic heterocycles. The lowest BCUT2D eigenvalue weighted by atomic mass is 10.2. The zero-order chi connectivity index (χ0) is 23.1. The van der Waals surface area contributed by atoms with E-state index in [1.807, 2.05) is 0 Å². The highest BCUT2D eigenvalue weighted by Gasteiger charge is 2.11. The van der Waals surface area contributed by atoms with Crippen LogP contribution >= 0.6 is 0 Å². The van der Waals surface area contributed by atoms with Crippen LogP contribution < -0.4 is 10.9 Å². The molecular weight excluding hydrogens is 410 g/mol. The molecule has 0 bridgehead atoms. The maximum atomic E-state index is 12.2. The van der Waals surface area contributed by atoms with Crippen LogP contribution in [0.15, 0.2) is 76.9 Å². The van der Waals surface area contributed by atoms with Crippen molar-refractivity contribution in [2.75, 3.05) is 0 Å². The molecule has 3 rings (SSSR count). The smallest absolute Gasteiger partial charge is 0.275 e. The number of nitrogens with zero attached hydrogens (tertiary/aromatic N) is 3. The molecule has 0 aliphatic heterocycles. The molecule has 0 saturated heterocycles. The van der Waals surface area contributed by atoms with Crippen LogP contribution in [0.2, 0.25) is 0 Å². The minimum absolute atomic E-state index is 0.105. The largest absolute Gasteiger partial charge is 0.507 e. The number of amides is 2. The molecule has 162 valence electrons. The fraction of sp³-hybridized carbons (Fsp3) is 0.0870. The van der Waals surface area contributed by atoms with Gasteiger partial charge in [-0.3, -0.25) is 9.59 Å². The highest BCUT2D eigenvalue weighted by molar-refractivity contribution is 6.03. The molecule has 0 aliphatic rings. The van der Waals surface area contributed by atoms with Crippen LogP contribution in [0.3, 0.4) is 0 Å². The van der Waals surface area contributed by atoms with E-state index in [1.54, 1.807) is 56.3 Å². The molecule has 2 aromatic carbocycles. The Labute approximate surface area is 184 Å². The van der Waals surface area contributed by atoms with E-state index < -0.39 is 11.8 Å². The molecule has 32 heavy (non-hydrogen) atoms. The summed E-state index contributed by atoms with van der Waals surface area (Å²) < 4.78 is 0. The summed E-state index contributed by atoms with van der Waals surface area (Å²) in [5.41, 5.74) is 6.83. The lowest BCUT2D eigenvalue weighted by Crippen LogP contribution is -2.21. The van der Waals surface area contributed by atoms with Crippen molar-refractivity contribution in [1.82, 2.24) is 15.8 Å². The summed E-state index contributed by atoms with van der Waals surface area (Å²) in [4.78, 5) is 28.8. The molecule has 1 heterocycles. The second-order valence-corrected chi connectivity index (χ2v) is 6.72. The van der Waals surface area contributed by atoms with Gasteiger partial charge in [0.15, 0.2) is 0 Å². The molecule has 9 nitrogen and oxygen atoms in total. The number of aromatic nitrogens is 1. The Morgan fingerprint density at radius 2 is 1.09 bits per heavy atom. The summed E-state index contributed by atoms with van der Waals surface area (Å²) in [6, 6.07) is 17.5. The van der Waals surface area contributed by atoms with Crippen molar-refractivity contribution in [3.8, 4) is 11.5 Å². The molecule has 0 fully saturated rings. The molecule has 0 spiro atoms. The van der Waals surface area contributed by atoms with Crippen molar-refractivity contribution in [2.24, 2.45) is 10.2 Å². The summed E-state index contributed by atoms with van der Waals surface area (Å²) in [6.07, 6.45) is 0. The van der Waals surface area contributed by atoms with Gasteiger partial charge in [0.2, 0.25) is 0 Å². The number of aromatic hydroxyl groups is 2. The van der Waals surface area contributed by atoms with Crippen molar-refractivity contribution in [2.45, 2.75) is 13.8 Å². The van der Waals surface area contributed by atoms with E-state index in [9.17, 15) is 19.8 Å². The number of hydrogen-bond acceptors (Lipinski definition) is 7. The average molecular weight is 431 g/mol. The number of phenols is 2. The van der Waals surface area contributed by atoms with Crippen LogP contribution in [0.4, 0.5) is 0 Å². The van der Waals surface area contributed by atoms with Gasteiger partial charge >= 0.3 is 0 Å². The molecule has 0 saturated carbocycles. The van der Waals surface area contributed by atoms with Gasteiger partial charge in [0.05, 0.1) is 33.9 Å². The van der Waals surface area contributed by atoms with Crippen LogP contribution in [0.1, 0.15) is 46.0 Å². The van der Waals surface area contributed by atoms with Gasteiger partial charge in [-0.15, -0.1) is 0 Å². The van der Waals surface area contributed by atoms with Gasteiger partial charge < -0.3 is 10.2 Å². The number of rotatable bonds is 6. The highest BCUT2D eigenvalue weighted by Crippen LogP contribution is 2.16. The fourth-order valence-corrected chi connectivity index (χ4v) is 2.67. The average Bonchev–Trinajstić information content (AvgIpc) is 2.81. The van der Waals surface area contributed by atoms with Crippen molar-refractivity contribution in [1.29, 1.82) is 0 Å². The highest BCUT2D eigenvalue weighted by atomic mass is 16.3. The second-order valence-electron chi connectivity index (χ2n) is 6.72. The number of nitrogens with one attached hydrogen (secondary N) is 2. The number of hydrogen-bond donors (Lipinski definition) is 4. The number of phenolic OH excluding ortho intramolecular Hbond substituents is 2. The van der Waals surface area contributed by atoms with Gasteiger partial charge in [0, 0.05) is 0 Å². The Bertz CT molecular complexity index is 1130. The third-order valence-corrected chi connectivity index (χ3v) is 4.44. The van der Waals surface area contributed by atoms with Crippen molar-refractivity contribution < 1.29 is 19.8 Å². The maximum Gasteiger partial charge on any atom is 0.275 e. The number of carbonyl (C=O) groups excluding carboxylic acids is 2. The lowest BCUT2D eigenvalue weighted by Gasteiger charge is -2.07. The number of pyridine rings is 1. The van der Waals surface area contributed by atoms with E-state index in [0.717, 1.165) is 0 Å². The standard InChI is InChI=1S/C23H21N5O4/c1-14(25-27-22(31)16-8-3-5-12-20(16)29)18-10-7-11-19(24-18)15(2)26-28-23(32)17-9-4-6-13-21(17)30/h3-13,29-30H,1-2H3,(H,27,31)(H,28,32). The van der Waals surface area contributed by atoms with Gasteiger partial charge in [0.25, 0.3) is 11.8 Å². The zero-order valence-corrected chi connectivity index (χ0v) is 17.4. The number of para-hydroxylation sites is 2. The SMILES string of the molecule is CC(=NNC(=O)c1ccccc1O)c1cccc(C(C)=NNC(=O)c2ccccc2O)n1. The van der Waals surface area contributed by atoms with Crippen molar-refractivity contribution in [3.05, 3.63) is 89.2 Å². The molecule has 0 radical (unpaired) electrons. The predicted octanol–water partition coefficient (Wildman–Crippen LogP) is 2.80. The van der Waals surface area contributed by atoms with E-state index in [4.69, 9.17) is 0 Å². The Balaban J connectivity index is 1.71. The normalized spacial score (nSPS) is 11.7. The first-order valence-corrected chi connectivity index (χ1v) is 9.60. The molecule has 4 N–H and O–H groups in total. The predicted molar refractivity (Wildman–Crippen MR) is 120 cm³/mol. The monoisotopic (exact) mass is 431 g/mol. The fourth-order valence-electron chi connectivity index (χ4n) is 2.67. The summed E-state index contributed by atoms with van der Waals surface area (Å²) in [5.74, 6) is -1.39. The zero-order valence-electron chi connectivity index (χ0n) is 17.4. The second kappa shape index (κ2) is 9.98. The van der Waals surface area contributed by atoms with E-state index in [-0.39, 0.29) is 22.6 Å². The van der Waals surface area contributed by atoms with Crippen LogP contribution in [-0.4, -0.2) is 38.4 Å². The molecule has 0 atom stereocenters. The Morgan fingerprint density at radius 1 is 0.688 bits per heavy atom. The van der Waals surface area contributed by atoms with Crippen molar-refractivity contribution in [3.63, 3.8) is 0 Å². The molecular formula is C23H21N5O4. The van der Waals surface area contributed by atoms with Gasteiger partial charge in [-0.1, -0.05) is 30.3 Å². The summed E-state index contributed by atoms with van der Waals surface area (Å²) in [7, 11) is 0. The molecule has 2 amide bonds. The van der Waals surface area contributed by atoms with Crippen LogP contribution in [-0.2, 0) is 0 Å². The topological polar surface area (TPSA) is 136 Å². The van der Waals surface area contributed by atoms with Crippen LogP contribution in [0.25, 0.3) is 0 Å². The van der Waals surface area contributed by atoms with E-state index >= 15 is 0 Å². The molecule has 0 unspecified atom stereocenters. The van der Waals surface area contributed by atoms with Crippen LogP contribution in [0, 0.1) is 0 Å². The summed E-state index contributed by atoms with van der Waals surface area (Å²) >= 11 is 0. The number of benzene rings is 2. The molecule has 0 aliphatic carbocycles. The number of hydrazone groups is 2. The first kappa shape index (κ1) is 22.2. The van der Waals surface area contributed by atoms with Gasteiger partial charge in [-0.25, -0.2) is 15.8 Å². The third kappa shape index (κ3) is 5.33. The van der Waals surface area contributed by atoms with Gasteiger partial charge in [-0.2, -0.15) is 10.2 Å². The number of carbonyl (C=O) groups is 2. The first-order chi connectivity index (χ1) is 15.4.